The zero-order valence-electron chi connectivity index (χ0n) is 22.2. The molecule has 0 saturated carbocycles. The summed E-state index contributed by atoms with van der Waals surface area (Å²) >= 11 is 0. The first-order valence-corrected chi connectivity index (χ1v) is 14.5. The summed E-state index contributed by atoms with van der Waals surface area (Å²) in [5.74, 6) is -0.696. The van der Waals surface area contributed by atoms with Crippen molar-refractivity contribution in [2.75, 3.05) is 17.5 Å². The van der Waals surface area contributed by atoms with Crippen LogP contribution in [0, 0.1) is 5.82 Å². The van der Waals surface area contributed by atoms with E-state index < -0.39 is 21.7 Å². The highest BCUT2D eigenvalue weighted by atomic mass is 32.2. The number of nitrogens with one attached hydrogen (secondary N) is 2. The van der Waals surface area contributed by atoms with E-state index in [0.717, 1.165) is 16.9 Å². The molecule has 0 atom stereocenters. The maximum absolute atomic E-state index is 13.7. The van der Waals surface area contributed by atoms with Crippen LogP contribution in [0.3, 0.4) is 0 Å². The van der Waals surface area contributed by atoms with Crippen molar-refractivity contribution < 1.29 is 22.0 Å². The van der Waals surface area contributed by atoms with Crippen molar-refractivity contribution in [2.24, 2.45) is 0 Å². The number of sulfonamides is 1. The predicted molar refractivity (Wildman–Crippen MR) is 158 cm³/mol. The van der Waals surface area contributed by atoms with Crippen LogP contribution in [0.1, 0.15) is 17.3 Å². The molecule has 206 valence electrons. The number of furan rings is 1. The largest absolute Gasteiger partial charge is 0.455 e. The van der Waals surface area contributed by atoms with Crippen LogP contribution >= 0.6 is 0 Å². The predicted octanol–water partition coefficient (Wildman–Crippen LogP) is 6.34. The number of hydrogen-bond donors (Lipinski definition) is 2. The molecule has 6 rings (SSSR count). The van der Waals surface area contributed by atoms with Crippen LogP contribution in [0.2, 0.25) is 0 Å². The van der Waals surface area contributed by atoms with Gasteiger partial charge in [-0.15, -0.1) is 0 Å². The average molecular weight is 569 g/mol. The molecule has 0 radical (unpaired) electrons. The Bertz CT molecular complexity index is 2010. The number of imidazole rings is 1. The van der Waals surface area contributed by atoms with Gasteiger partial charge in [-0.1, -0.05) is 24.3 Å². The third-order valence-corrected chi connectivity index (χ3v) is 8.16. The number of amides is 1. The number of fused-ring (bicyclic) bond motifs is 2. The summed E-state index contributed by atoms with van der Waals surface area (Å²) in [5, 5.41) is 3.13. The van der Waals surface area contributed by atoms with Gasteiger partial charge in [0.2, 0.25) is 10.0 Å². The Morgan fingerprint density at radius 1 is 0.976 bits per heavy atom. The molecule has 0 spiro atoms. The maximum atomic E-state index is 13.7. The van der Waals surface area contributed by atoms with E-state index in [4.69, 9.17) is 9.40 Å². The Hall–Kier alpha value is -4.96. The molecule has 3 aromatic heterocycles. The van der Waals surface area contributed by atoms with Gasteiger partial charge in [0.1, 0.15) is 22.8 Å². The Morgan fingerprint density at radius 3 is 2.49 bits per heavy atom. The van der Waals surface area contributed by atoms with Crippen LogP contribution in [0.15, 0.2) is 95.7 Å². The van der Waals surface area contributed by atoms with Gasteiger partial charge in [0.25, 0.3) is 5.91 Å². The maximum Gasteiger partial charge on any atom is 0.255 e. The Kier molecular flexibility index (Phi) is 6.55. The Labute approximate surface area is 235 Å². The van der Waals surface area contributed by atoms with Crippen molar-refractivity contribution in [3.63, 3.8) is 0 Å². The molecule has 8 nitrogen and oxygen atoms in total. The number of benzene rings is 3. The number of carbonyl (C=O) groups is 1. The van der Waals surface area contributed by atoms with Crippen molar-refractivity contribution in [3.05, 3.63) is 103 Å². The second-order valence-corrected chi connectivity index (χ2v) is 11.5. The molecule has 3 heterocycles. The molecule has 0 saturated heterocycles. The molecular weight excluding hydrogens is 543 g/mol. The third kappa shape index (κ3) is 4.93. The van der Waals surface area contributed by atoms with E-state index >= 15 is 0 Å². The Balaban J connectivity index is 1.58. The van der Waals surface area contributed by atoms with Crippen molar-refractivity contribution in [1.29, 1.82) is 0 Å². The van der Waals surface area contributed by atoms with Crippen molar-refractivity contribution in [1.82, 2.24) is 14.7 Å². The fraction of sp³-hybridized carbons (Fsp3) is 0.0968. The van der Waals surface area contributed by atoms with Crippen LogP contribution in [0.25, 0.3) is 50.3 Å². The minimum atomic E-state index is -3.66. The molecule has 1 amide bonds. The van der Waals surface area contributed by atoms with Gasteiger partial charge in [-0.25, -0.2) is 17.8 Å². The third-order valence-electron chi connectivity index (χ3n) is 6.87. The smallest absolute Gasteiger partial charge is 0.255 e. The van der Waals surface area contributed by atoms with E-state index in [-0.39, 0.29) is 17.1 Å². The summed E-state index contributed by atoms with van der Waals surface area (Å²) in [6, 6.07) is 22.3. The van der Waals surface area contributed by atoms with Gasteiger partial charge in [-0.2, -0.15) is 0 Å². The highest BCUT2D eigenvalue weighted by Crippen LogP contribution is 2.40. The highest BCUT2D eigenvalue weighted by molar-refractivity contribution is 7.92. The second-order valence-electron chi connectivity index (χ2n) is 9.46. The molecule has 0 bridgehead atoms. The number of pyridine rings is 1. The standard InChI is InChI=1S/C31H25FN4O4S/c1-3-41(38,39)35-25-17-27-24(29(31(37)33-2)30(40-27)19-10-12-22(32)13-11-19)16-23(25)20-7-6-8-21(15-20)26-18-36-14-5-4-9-28(36)34-26/h4-18,35H,3H2,1-2H3,(H,33,37). The lowest BCUT2D eigenvalue weighted by Crippen LogP contribution is -2.18. The molecular formula is C31H25FN4O4S. The van der Waals surface area contributed by atoms with E-state index in [0.29, 0.717) is 33.3 Å². The van der Waals surface area contributed by atoms with Gasteiger partial charge in [0.15, 0.2) is 0 Å². The zero-order valence-corrected chi connectivity index (χ0v) is 23.0. The molecule has 2 N–H and O–H groups in total. The number of aromatic nitrogens is 2. The first-order valence-electron chi connectivity index (χ1n) is 12.9. The fourth-order valence-electron chi connectivity index (χ4n) is 4.78. The lowest BCUT2D eigenvalue weighted by Gasteiger charge is -2.13. The summed E-state index contributed by atoms with van der Waals surface area (Å²) in [6.45, 7) is 1.55. The lowest BCUT2D eigenvalue weighted by molar-refractivity contribution is 0.0964. The van der Waals surface area contributed by atoms with Crippen molar-refractivity contribution in [3.8, 4) is 33.7 Å². The van der Waals surface area contributed by atoms with Crippen LogP contribution < -0.4 is 10.0 Å². The van der Waals surface area contributed by atoms with Crippen molar-refractivity contribution >= 4 is 38.2 Å². The van der Waals surface area contributed by atoms with E-state index in [2.05, 4.69) is 10.0 Å². The number of anilines is 1. The van der Waals surface area contributed by atoms with Crippen LogP contribution in [-0.2, 0) is 10.0 Å². The molecule has 3 aromatic carbocycles. The summed E-state index contributed by atoms with van der Waals surface area (Å²) < 4.78 is 49.8. The molecule has 41 heavy (non-hydrogen) atoms. The number of rotatable bonds is 7. The first-order chi connectivity index (χ1) is 19.8. The fourth-order valence-corrected chi connectivity index (χ4v) is 5.43. The molecule has 6 aromatic rings. The molecule has 0 unspecified atom stereocenters. The monoisotopic (exact) mass is 568 g/mol. The first kappa shape index (κ1) is 26.3. The Morgan fingerprint density at radius 2 is 1.76 bits per heavy atom. The van der Waals surface area contributed by atoms with Crippen molar-refractivity contribution in [2.45, 2.75) is 6.92 Å². The van der Waals surface area contributed by atoms with E-state index in [1.165, 1.54) is 31.3 Å². The zero-order chi connectivity index (χ0) is 28.7. The molecule has 10 heteroatoms. The topological polar surface area (TPSA) is 106 Å². The lowest BCUT2D eigenvalue weighted by atomic mass is 9.97. The summed E-state index contributed by atoms with van der Waals surface area (Å²) in [7, 11) is -2.15. The quantitative estimate of drug-likeness (QED) is 0.234. The molecule has 0 aliphatic rings. The van der Waals surface area contributed by atoms with Crippen LogP contribution in [0.4, 0.5) is 10.1 Å². The summed E-state index contributed by atoms with van der Waals surface area (Å²) in [6.07, 6.45) is 3.84. The van der Waals surface area contributed by atoms with Gasteiger partial charge in [0, 0.05) is 47.6 Å². The van der Waals surface area contributed by atoms with Gasteiger partial charge in [0.05, 0.1) is 22.7 Å². The minimum Gasteiger partial charge on any atom is -0.455 e. The molecule has 0 aliphatic heterocycles. The van der Waals surface area contributed by atoms with E-state index in [1.807, 2.05) is 59.3 Å². The van der Waals surface area contributed by atoms with Gasteiger partial charge < -0.3 is 14.1 Å². The second kappa shape index (κ2) is 10.2. The SMILES string of the molecule is CCS(=O)(=O)Nc1cc2oc(-c3ccc(F)cc3)c(C(=O)NC)c2cc1-c1cccc(-c2cn3ccccc3n2)c1. The number of carbonyl (C=O) groups excluding carboxylic acids is 1. The minimum absolute atomic E-state index is 0.131. The number of nitrogens with zero attached hydrogens (tertiary/aromatic N) is 2. The number of hydrogen-bond acceptors (Lipinski definition) is 5. The normalized spacial score (nSPS) is 11.7. The molecule has 0 aliphatic carbocycles. The van der Waals surface area contributed by atoms with Gasteiger partial charge in [-0.3, -0.25) is 9.52 Å². The average Bonchev–Trinajstić information content (AvgIpc) is 3.58. The van der Waals surface area contributed by atoms with Gasteiger partial charge >= 0.3 is 0 Å². The van der Waals surface area contributed by atoms with Crippen LogP contribution in [-0.4, -0.2) is 36.5 Å². The summed E-state index contributed by atoms with van der Waals surface area (Å²) in [4.78, 5) is 17.8. The molecule has 0 fully saturated rings. The van der Waals surface area contributed by atoms with Gasteiger partial charge in [-0.05, 0) is 61.0 Å². The highest BCUT2D eigenvalue weighted by Gasteiger charge is 2.24. The van der Waals surface area contributed by atoms with E-state index in [9.17, 15) is 17.6 Å². The number of halogens is 1. The van der Waals surface area contributed by atoms with Crippen LogP contribution in [0.5, 0.6) is 0 Å². The summed E-state index contributed by atoms with van der Waals surface area (Å²) in [5.41, 5.74) is 5.02. The van der Waals surface area contributed by atoms with E-state index in [1.54, 1.807) is 19.1 Å².